The summed E-state index contributed by atoms with van der Waals surface area (Å²) in [5.41, 5.74) is 18.9. The third kappa shape index (κ3) is 5.05. The lowest BCUT2D eigenvalue weighted by molar-refractivity contribution is 0.783. The number of fused-ring (bicyclic) bond motifs is 8. The fourth-order valence-corrected chi connectivity index (χ4v) is 11.7. The van der Waals surface area contributed by atoms with Gasteiger partial charge < -0.3 is 9.47 Å². The molecule has 14 rings (SSSR count). The van der Waals surface area contributed by atoms with Gasteiger partial charge in [0.25, 0.3) is 0 Å². The highest BCUT2D eigenvalue weighted by atomic mass is 15.1. The van der Waals surface area contributed by atoms with Gasteiger partial charge in [0.05, 0.1) is 22.1 Å². The Morgan fingerprint density at radius 2 is 0.892 bits per heavy atom. The molecule has 2 heteroatoms. The molecular formula is C63H40N2. The minimum atomic E-state index is -0.581. The molecule has 302 valence electrons. The summed E-state index contributed by atoms with van der Waals surface area (Å²) < 4.78 is 2.57. The molecule has 11 aromatic carbocycles. The van der Waals surface area contributed by atoms with Crippen molar-refractivity contribution in [1.82, 2.24) is 4.57 Å². The van der Waals surface area contributed by atoms with E-state index in [4.69, 9.17) is 0 Å². The molecule has 0 bridgehead atoms. The first kappa shape index (κ1) is 36.1. The van der Waals surface area contributed by atoms with Crippen LogP contribution < -0.4 is 4.90 Å². The Bertz CT molecular complexity index is 3830. The highest BCUT2D eigenvalue weighted by molar-refractivity contribution is 6.27. The van der Waals surface area contributed by atoms with E-state index in [2.05, 4.69) is 252 Å². The topological polar surface area (TPSA) is 8.17 Å². The predicted molar refractivity (Wildman–Crippen MR) is 272 cm³/mol. The highest BCUT2D eigenvalue weighted by Gasteiger charge is 2.50. The summed E-state index contributed by atoms with van der Waals surface area (Å²) in [6.07, 6.45) is 0. The van der Waals surface area contributed by atoms with E-state index < -0.39 is 5.41 Å². The molecule has 0 aliphatic heterocycles. The van der Waals surface area contributed by atoms with E-state index in [0.717, 1.165) is 17.1 Å². The van der Waals surface area contributed by atoms with Crippen molar-refractivity contribution in [3.8, 4) is 39.1 Å². The SMILES string of the molecule is c1ccc(-c2ccc(N(c3cccc(-c4ccccc4)c3)c3cc4c5c6c7c(cccc7ccc6n(-c6cccc7ccccc67)c5c3)C43c4ccccc4-c4ccccc43)cc2)cc1. The Balaban J connectivity index is 1.15. The minimum absolute atomic E-state index is 0.581. The van der Waals surface area contributed by atoms with Gasteiger partial charge in [-0.1, -0.05) is 194 Å². The number of anilines is 3. The molecule has 0 N–H and O–H groups in total. The van der Waals surface area contributed by atoms with E-state index in [1.807, 2.05) is 0 Å². The summed E-state index contributed by atoms with van der Waals surface area (Å²) in [6, 6.07) is 90.2. The molecule has 0 radical (unpaired) electrons. The molecule has 0 saturated carbocycles. The molecule has 0 saturated heterocycles. The molecule has 65 heavy (non-hydrogen) atoms. The van der Waals surface area contributed by atoms with E-state index in [9.17, 15) is 0 Å². The molecule has 0 amide bonds. The first-order chi connectivity index (χ1) is 32.3. The summed E-state index contributed by atoms with van der Waals surface area (Å²) in [4.78, 5) is 2.48. The van der Waals surface area contributed by atoms with Crippen molar-refractivity contribution in [2.24, 2.45) is 0 Å². The maximum atomic E-state index is 2.57. The van der Waals surface area contributed by atoms with E-state index in [0.29, 0.717) is 0 Å². The second-order valence-corrected chi connectivity index (χ2v) is 17.6. The van der Waals surface area contributed by atoms with Gasteiger partial charge in [-0.15, -0.1) is 0 Å². The van der Waals surface area contributed by atoms with Crippen molar-refractivity contribution < 1.29 is 0 Å². The van der Waals surface area contributed by atoms with Crippen LogP contribution in [0, 0.1) is 0 Å². The molecular weight excluding hydrogens is 785 g/mol. The van der Waals surface area contributed by atoms with Crippen LogP contribution in [0.4, 0.5) is 17.1 Å². The first-order valence-electron chi connectivity index (χ1n) is 22.6. The fourth-order valence-electron chi connectivity index (χ4n) is 11.7. The lowest BCUT2D eigenvalue weighted by Crippen LogP contribution is -2.31. The smallest absolute Gasteiger partial charge is 0.0727 e. The zero-order valence-electron chi connectivity index (χ0n) is 35.5. The van der Waals surface area contributed by atoms with Crippen LogP contribution >= 0.6 is 0 Å². The van der Waals surface area contributed by atoms with Crippen LogP contribution in [-0.2, 0) is 5.41 Å². The van der Waals surface area contributed by atoms with Crippen LogP contribution in [0.25, 0.3) is 82.4 Å². The molecule has 0 fully saturated rings. The average molecular weight is 825 g/mol. The summed E-state index contributed by atoms with van der Waals surface area (Å²) in [7, 11) is 0. The third-order valence-corrected chi connectivity index (χ3v) is 14.3. The molecule has 2 aliphatic rings. The molecule has 2 aliphatic carbocycles. The Hall–Kier alpha value is -8.46. The monoisotopic (exact) mass is 824 g/mol. The second-order valence-electron chi connectivity index (χ2n) is 17.6. The van der Waals surface area contributed by atoms with E-state index >= 15 is 0 Å². The molecule has 0 unspecified atom stereocenters. The van der Waals surface area contributed by atoms with Crippen LogP contribution in [0.2, 0.25) is 0 Å². The number of nitrogens with zero attached hydrogens (tertiary/aromatic N) is 2. The normalized spacial score (nSPS) is 13.0. The third-order valence-electron chi connectivity index (χ3n) is 14.3. The number of hydrogen-bond donors (Lipinski definition) is 0. The van der Waals surface area contributed by atoms with Gasteiger partial charge in [0.2, 0.25) is 0 Å². The average Bonchev–Trinajstić information content (AvgIpc) is 3.87. The number of hydrogen-bond acceptors (Lipinski definition) is 1. The van der Waals surface area contributed by atoms with Crippen molar-refractivity contribution in [1.29, 1.82) is 0 Å². The predicted octanol–water partition coefficient (Wildman–Crippen LogP) is 16.6. The van der Waals surface area contributed by atoms with Crippen LogP contribution in [0.15, 0.2) is 243 Å². The Morgan fingerprint density at radius 1 is 0.308 bits per heavy atom. The van der Waals surface area contributed by atoms with Crippen LogP contribution in [0.5, 0.6) is 0 Å². The second kappa shape index (κ2) is 13.8. The first-order valence-corrected chi connectivity index (χ1v) is 22.6. The van der Waals surface area contributed by atoms with Crippen molar-refractivity contribution in [3.05, 3.63) is 265 Å². The van der Waals surface area contributed by atoms with Crippen molar-refractivity contribution >= 4 is 60.4 Å². The van der Waals surface area contributed by atoms with Crippen LogP contribution in [0.3, 0.4) is 0 Å². The van der Waals surface area contributed by atoms with E-state index in [1.54, 1.807) is 0 Å². The van der Waals surface area contributed by atoms with Crippen molar-refractivity contribution in [3.63, 3.8) is 0 Å². The molecule has 1 spiro atoms. The van der Waals surface area contributed by atoms with Gasteiger partial charge in [-0.2, -0.15) is 0 Å². The Kier molecular flexibility index (Phi) is 7.64. The van der Waals surface area contributed by atoms with Gasteiger partial charge in [-0.3, -0.25) is 0 Å². The maximum Gasteiger partial charge on any atom is 0.0727 e. The van der Waals surface area contributed by atoms with Gasteiger partial charge in [-0.25, -0.2) is 0 Å². The number of aromatic nitrogens is 1. The largest absolute Gasteiger partial charge is 0.310 e. The molecule has 1 heterocycles. The Labute approximate surface area is 377 Å². The summed E-state index contributed by atoms with van der Waals surface area (Å²) in [6.45, 7) is 0. The van der Waals surface area contributed by atoms with Gasteiger partial charge in [0, 0.05) is 33.2 Å². The van der Waals surface area contributed by atoms with Gasteiger partial charge in [0.1, 0.15) is 0 Å². The molecule has 1 aromatic heterocycles. The van der Waals surface area contributed by atoms with Crippen LogP contribution in [-0.4, -0.2) is 4.57 Å². The number of rotatable bonds is 6. The zero-order chi connectivity index (χ0) is 42.6. The maximum absolute atomic E-state index is 2.57. The summed E-state index contributed by atoms with van der Waals surface area (Å²) in [5, 5.41) is 7.68. The quantitative estimate of drug-likeness (QED) is 0.162. The van der Waals surface area contributed by atoms with Gasteiger partial charge in [-0.05, 0) is 120 Å². The standard InChI is InChI=1S/C63H40N2/c1-3-16-41(17-4-1)43-32-35-47(36-33-43)64(48-24-13-23-46(38-48)42-18-5-2-6-19-42)49-39-56-61-59(40-49)65(57-31-15-21-44-20-7-8-25-50(44)57)58-37-34-45-22-14-30-55(60(45)62(58)61)63(56)53-28-11-9-26-51(53)52-27-10-12-29-54(52)63/h1-40H. The van der Waals surface area contributed by atoms with E-state index in [1.165, 1.54) is 105 Å². The lowest BCUT2D eigenvalue weighted by Gasteiger charge is -2.39. The summed E-state index contributed by atoms with van der Waals surface area (Å²) >= 11 is 0. The van der Waals surface area contributed by atoms with Gasteiger partial charge >= 0.3 is 0 Å². The summed E-state index contributed by atoms with van der Waals surface area (Å²) in [5.74, 6) is 0. The molecule has 12 aromatic rings. The minimum Gasteiger partial charge on any atom is -0.310 e. The molecule has 0 atom stereocenters. The molecule has 2 nitrogen and oxygen atoms in total. The van der Waals surface area contributed by atoms with E-state index in [-0.39, 0.29) is 0 Å². The lowest BCUT2D eigenvalue weighted by atomic mass is 9.63. The van der Waals surface area contributed by atoms with Gasteiger partial charge in [0.15, 0.2) is 0 Å². The van der Waals surface area contributed by atoms with Crippen LogP contribution in [0.1, 0.15) is 22.3 Å². The van der Waals surface area contributed by atoms with Crippen molar-refractivity contribution in [2.45, 2.75) is 5.41 Å². The number of benzene rings is 11. The zero-order valence-corrected chi connectivity index (χ0v) is 35.5. The van der Waals surface area contributed by atoms with Crippen molar-refractivity contribution in [2.75, 3.05) is 4.90 Å². The highest BCUT2D eigenvalue weighted by Crippen LogP contribution is 2.63. The fraction of sp³-hybridized carbons (Fsp3) is 0.0159. The Morgan fingerprint density at radius 3 is 1.66 bits per heavy atom.